The molecule has 214 valence electrons. The fourth-order valence-corrected chi connectivity index (χ4v) is 6.99. The zero-order valence-corrected chi connectivity index (χ0v) is 24.6. The van der Waals surface area contributed by atoms with E-state index in [1.54, 1.807) is 0 Å². The van der Waals surface area contributed by atoms with Gasteiger partial charge in [0.25, 0.3) is 0 Å². The standard InChI is InChI=1S/C41H24N4O/c1-3-17-33-29(13-1)30-15-5-9-25-10-7-18-34(36(25)30)45(33)28-22-20-27(21-23-28)41-43-38-31-14-2-4-19-35(31)46-40(38)39(44-41)32-16-6-11-26-12-8-24-42-37(26)32/h1-24H. The second-order valence-electron chi connectivity index (χ2n) is 11.6. The fraction of sp³-hybridized carbons (Fsp3) is 0. The summed E-state index contributed by atoms with van der Waals surface area (Å²) in [5, 5.41) is 4.51. The maximum absolute atomic E-state index is 6.41. The molecule has 1 aliphatic rings. The first-order chi connectivity index (χ1) is 22.8. The summed E-state index contributed by atoms with van der Waals surface area (Å²) in [6.07, 6.45) is 1.82. The third-order valence-corrected chi connectivity index (χ3v) is 9.05. The van der Waals surface area contributed by atoms with Gasteiger partial charge in [-0.1, -0.05) is 84.9 Å². The van der Waals surface area contributed by atoms with Crippen LogP contribution in [0.1, 0.15) is 0 Å². The summed E-state index contributed by atoms with van der Waals surface area (Å²) >= 11 is 0. The van der Waals surface area contributed by atoms with Gasteiger partial charge in [0.1, 0.15) is 16.8 Å². The molecule has 0 unspecified atom stereocenters. The first kappa shape index (κ1) is 25.0. The number of aromatic nitrogens is 3. The van der Waals surface area contributed by atoms with Crippen molar-refractivity contribution in [2.24, 2.45) is 0 Å². The lowest BCUT2D eigenvalue weighted by Crippen LogP contribution is -2.14. The normalized spacial score (nSPS) is 12.3. The molecule has 5 nitrogen and oxygen atoms in total. The number of benzene rings is 6. The lowest BCUT2D eigenvalue weighted by atomic mass is 9.91. The van der Waals surface area contributed by atoms with Crippen molar-refractivity contribution in [1.29, 1.82) is 0 Å². The van der Waals surface area contributed by atoms with Gasteiger partial charge in [0.05, 0.1) is 16.9 Å². The number of anilines is 3. The minimum Gasteiger partial charge on any atom is -0.452 e. The van der Waals surface area contributed by atoms with Gasteiger partial charge in [0, 0.05) is 44.7 Å². The summed E-state index contributed by atoms with van der Waals surface area (Å²) < 4.78 is 6.41. The minimum atomic E-state index is 0.639. The SMILES string of the molecule is c1ccc2c(c1)-c1cccc3cccc(c13)N2c1ccc(-c2nc(-c3cccc4cccnc34)c3oc4ccccc4c3n2)cc1. The highest BCUT2D eigenvalue weighted by atomic mass is 16.3. The summed E-state index contributed by atoms with van der Waals surface area (Å²) in [6, 6.07) is 48.5. The summed E-state index contributed by atoms with van der Waals surface area (Å²) in [7, 11) is 0. The van der Waals surface area contributed by atoms with Crippen molar-refractivity contribution in [2.45, 2.75) is 0 Å². The van der Waals surface area contributed by atoms with Crippen LogP contribution in [0.4, 0.5) is 17.1 Å². The molecule has 0 saturated carbocycles. The van der Waals surface area contributed by atoms with Crippen LogP contribution in [-0.2, 0) is 0 Å². The van der Waals surface area contributed by atoms with Crippen LogP contribution < -0.4 is 4.90 Å². The third kappa shape index (κ3) is 3.60. The van der Waals surface area contributed by atoms with Crippen molar-refractivity contribution in [3.05, 3.63) is 146 Å². The van der Waals surface area contributed by atoms with Crippen LogP contribution in [0.3, 0.4) is 0 Å². The van der Waals surface area contributed by atoms with Crippen molar-refractivity contribution < 1.29 is 4.42 Å². The molecule has 0 fully saturated rings. The highest BCUT2D eigenvalue weighted by molar-refractivity contribution is 6.14. The molecule has 0 spiro atoms. The van der Waals surface area contributed by atoms with E-state index >= 15 is 0 Å². The Morgan fingerprint density at radius 3 is 2.15 bits per heavy atom. The molecule has 0 atom stereocenters. The van der Waals surface area contributed by atoms with Crippen LogP contribution in [0.5, 0.6) is 0 Å². The molecule has 0 bridgehead atoms. The predicted molar refractivity (Wildman–Crippen MR) is 187 cm³/mol. The number of hydrogen-bond donors (Lipinski definition) is 0. The Hall–Kier alpha value is -6.33. The van der Waals surface area contributed by atoms with E-state index in [9.17, 15) is 0 Å². The highest BCUT2D eigenvalue weighted by Crippen LogP contribution is 2.50. The molecule has 46 heavy (non-hydrogen) atoms. The van der Waals surface area contributed by atoms with Gasteiger partial charge in [-0.15, -0.1) is 0 Å². The van der Waals surface area contributed by atoms with Crippen LogP contribution in [0.2, 0.25) is 0 Å². The van der Waals surface area contributed by atoms with Gasteiger partial charge in [-0.2, -0.15) is 0 Å². The van der Waals surface area contributed by atoms with Crippen molar-refractivity contribution in [3.63, 3.8) is 0 Å². The predicted octanol–water partition coefficient (Wildman–Crippen LogP) is 10.9. The summed E-state index contributed by atoms with van der Waals surface area (Å²) in [6.45, 7) is 0. The maximum atomic E-state index is 6.41. The number of fused-ring (bicyclic) bond motifs is 6. The zero-order chi connectivity index (χ0) is 30.2. The Balaban J connectivity index is 1.16. The van der Waals surface area contributed by atoms with Crippen molar-refractivity contribution in [1.82, 2.24) is 15.0 Å². The van der Waals surface area contributed by atoms with Crippen molar-refractivity contribution in [3.8, 4) is 33.8 Å². The number of furan rings is 1. The van der Waals surface area contributed by atoms with Gasteiger partial charge >= 0.3 is 0 Å². The lowest BCUT2D eigenvalue weighted by molar-refractivity contribution is 0.667. The smallest absolute Gasteiger partial charge is 0.180 e. The average Bonchev–Trinajstić information content (AvgIpc) is 3.50. The first-order valence-electron chi connectivity index (χ1n) is 15.4. The molecular formula is C41H24N4O. The number of hydrogen-bond acceptors (Lipinski definition) is 5. The first-order valence-corrected chi connectivity index (χ1v) is 15.4. The third-order valence-electron chi connectivity index (χ3n) is 9.05. The summed E-state index contributed by atoms with van der Waals surface area (Å²) in [5.41, 5.74) is 11.6. The number of nitrogens with zero attached hydrogens (tertiary/aromatic N) is 4. The molecule has 0 amide bonds. The highest BCUT2D eigenvalue weighted by Gasteiger charge is 2.26. The maximum Gasteiger partial charge on any atom is 0.180 e. The summed E-state index contributed by atoms with van der Waals surface area (Å²) in [5.74, 6) is 0.639. The molecule has 10 rings (SSSR count). The fourth-order valence-electron chi connectivity index (χ4n) is 6.99. The van der Waals surface area contributed by atoms with Crippen LogP contribution in [0, 0.1) is 0 Å². The van der Waals surface area contributed by atoms with E-state index in [0.29, 0.717) is 11.4 Å². The largest absolute Gasteiger partial charge is 0.452 e. The van der Waals surface area contributed by atoms with E-state index in [0.717, 1.165) is 55.6 Å². The second kappa shape index (κ2) is 9.58. The van der Waals surface area contributed by atoms with E-state index in [2.05, 4.69) is 114 Å². The van der Waals surface area contributed by atoms with Crippen LogP contribution >= 0.6 is 0 Å². The quantitative estimate of drug-likeness (QED) is 0.205. The van der Waals surface area contributed by atoms with Crippen LogP contribution in [0.25, 0.3) is 77.5 Å². The Morgan fingerprint density at radius 2 is 1.24 bits per heavy atom. The molecule has 9 aromatic rings. The molecule has 1 aliphatic heterocycles. The van der Waals surface area contributed by atoms with E-state index in [1.165, 1.54) is 27.6 Å². The Kier molecular flexibility index (Phi) is 5.22. The molecule has 5 heteroatoms. The molecule has 3 aromatic heterocycles. The molecule has 0 N–H and O–H groups in total. The number of pyridine rings is 1. The Bertz CT molecular complexity index is 2650. The van der Waals surface area contributed by atoms with E-state index in [1.807, 2.05) is 36.5 Å². The van der Waals surface area contributed by atoms with Gasteiger partial charge < -0.3 is 9.32 Å². The molecule has 0 aliphatic carbocycles. The molecule has 0 saturated heterocycles. The molecule has 6 aromatic carbocycles. The average molecular weight is 589 g/mol. The van der Waals surface area contributed by atoms with Crippen molar-refractivity contribution in [2.75, 3.05) is 4.90 Å². The summed E-state index contributed by atoms with van der Waals surface area (Å²) in [4.78, 5) is 17.4. The van der Waals surface area contributed by atoms with E-state index < -0.39 is 0 Å². The van der Waals surface area contributed by atoms with Gasteiger partial charge in [0.15, 0.2) is 11.4 Å². The van der Waals surface area contributed by atoms with E-state index in [-0.39, 0.29) is 0 Å². The molecule has 0 radical (unpaired) electrons. The van der Waals surface area contributed by atoms with E-state index in [4.69, 9.17) is 19.4 Å². The molecular weight excluding hydrogens is 564 g/mol. The second-order valence-corrected chi connectivity index (χ2v) is 11.6. The van der Waals surface area contributed by atoms with Gasteiger partial charge in [-0.05, 0) is 65.5 Å². The Labute approximate surface area is 264 Å². The van der Waals surface area contributed by atoms with Gasteiger partial charge in [-0.25, -0.2) is 9.97 Å². The topological polar surface area (TPSA) is 55.1 Å². The van der Waals surface area contributed by atoms with Crippen LogP contribution in [-0.4, -0.2) is 15.0 Å². The lowest BCUT2D eigenvalue weighted by Gasteiger charge is -2.33. The van der Waals surface area contributed by atoms with Crippen molar-refractivity contribution >= 4 is 60.8 Å². The zero-order valence-electron chi connectivity index (χ0n) is 24.6. The monoisotopic (exact) mass is 588 g/mol. The van der Waals surface area contributed by atoms with Gasteiger partial charge in [-0.3, -0.25) is 4.98 Å². The number of para-hydroxylation sites is 3. The van der Waals surface area contributed by atoms with Gasteiger partial charge in [0.2, 0.25) is 0 Å². The molecule has 4 heterocycles. The number of rotatable bonds is 3. The van der Waals surface area contributed by atoms with Crippen LogP contribution in [0.15, 0.2) is 150 Å². The Morgan fingerprint density at radius 1 is 0.522 bits per heavy atom. The minimum absolute atomic E-state index is 0.639.